The molecule has 1 aliphatic carbocycles. The van der Waals surface area contributed by atoms with E-state index in [1.54, 1.807) is 0 Å². The summed E-state index contributed by atoms with van der Waals surface area (Å²) in [5.74, 6) is 1.08. The Balaban J connectivity index is 1.86. The van der Waals surface area contributed by atoms with Crippen LogP contribution in [0.2, 0.25) is 0 Å². The fourth-order valence-corrected chi connectivity index (χ4v) is 2.41. The van der Waals surface area contributed by atoms with Crippen LogP contribution in [0.5, 0.6) is 0 Å². The molecule has 0 radical (unpaired) electrons. The Labute approximate surface area is 83.1 Å². The van der Waals surface area contributed by atoms with Crippen molar-refractivity contribution < 1.29 is 0 Å². The maximum atomic E-state index is 5.45. The van der Waals surface area contributed by atoms with E-state index in [4.69, 9.17) is 5.73 Å². The van der Waals surface area contributed by atoms with Crippen molar-refractivity contribution in [3.05, 3.63) is 0 Å². The molecule has 0 aromatic carbocycles. The van der Waals surface area contributed by atoms with Gasteiger partial charge in [-0.05, 0) is 18.9 Å². The van der Waals surface area contributed by atoms with Crippen LogP contribution < -0.4 is 5.73 Å². The van der Waals surface area contributed by atoms with E-state index in [0.29, 0.717) is 0 Å². The Morgan fingerprint density at radius 3 is 2.23 bits per heavy atom. The lowest BCUT2D eigenvalue weighted by Crippen LogP contribution is -2.06. The van der Waals surface area contributed by atoms with Gasteiger partial charge in [0.25, 0.3) is 0 Å². The molecular weight excluding hydrogens is 158 g/mol. The van der Waals surface area contributed by atoms with Crippen molar-refractivity contribution in [2.45, 2.75) is 64.2 Å². The van der Waals surface area contributed by atoms with Crippen LogP contribution >= 0.6 is 0 Å². The quantitative estimate of drug-likeness (QED) is 0.627. The van der Waals surface area contributed by atoms with Crippen LogP contribution in [-0.4, -0.2) is 6.54 Å². The van der Waals surface area contributed by atoms with Crippen LogP contribution in [-0.2, 0) is 0 Å². The van der Waals surface area contributed by atoms with E-state index >= 15 is 0 Å². The molecule has 0 aromatic rings. The van der Waals surface area contributed by atoms with E-state index in [9.17, 15) is 0 Å². The summed E-state index contributed by atoms with van der Waals surface area (Å²) in [6, 6.07) is 0. The van der Waals surface area contributed by atoms with Crippen LogP contribution in [0.4, 0.5) is 0 Å². The Morgan fingerprint density at radius 2 is 1.54 bits per heavy atom. The number of hydrogen-bond donors (Lipinski definition) is 1. The molecule has 13 heavy (non-hydrogen) atoms. The normalized spacial score (nSPS) is 19.2. The maximum absolute atomic E-state index is 5.45. The molecule has 1 heteroatoms. The largest absolute Gasteiger partial charge is 0.330 e. The summed E-state index contributed by atoms with van der Waals surface area (Å²) in [6.45, 7) is 0.878. The molecule has 2 N–H and O–H groups in total. The molecule has 1 aliphatic rings. The van der Waals surface area contributed by atoms with Crippen LogP contribution in [0, 0.1) is 5.92 Å². The van der Waals surface area contributed by atoms with E-state index in [1.807, 2.05) is 0 Å². The zero-order valence-electron chi connectivity index (χ0n) is 8.93. The zero-order chi connectivity index (χ0) is 9.36. The van der Waals surface area contributed by atoms with Crippen molar-refractivity contribution in [2.24, 2.45) is 11.7 Å². The van der Waals surface area contributed by atoms with Crippen molar-refractivity contribution in [3.63, 3.8) is 0 Å². The standard InChI is InChI=1S/C12H25N/c13-11-7-2-1-4-8-12-9-5-3-6-10-12/h12H,1-11,13H2. The molecule has 0 spiro atoms. The summed E-state index contributed by atoms with van der Waals surface area (Å²) in [7, 11) is 0. The fourth-order valence-electron chi connectivity index (χ4n) is 2.41. The third-order valence-electron chi connectivity index (χ3n) is 3.29. The van der Waals surface area contributed by atoms with E-state index in [1.165, 1.54) is 64.2 Å². The lowest BCUT2D eigenvalue weighted by atomic mass is 9.85. The topological polar surface area (TPSA) is 26.0 Å². The minimum atomic E-state index is 0.878. The van der Waals surface area contributed by atoms with Gasteiger partial charge in [-0.25, -0.2) is 0 Å². The fraction of sp³-hybridized carbons (Fsp3) is 1.00. The Hall–Kier alpha value is -0.0400. The van der Waals surface area contributed by atoms with Gasteiger partial charge < -0.3 is 5.73 Å². The van der Waals surface area contributed by atoms with Crippen LogP contribution in [0.25, 0.3) is 0 Å². The summed E-state index contributed by atoms with van der Waals surface area (Å²) in [5, 5.41) is 0. The van der Waals surface area contributed by atoms with E-state index < -0.39 is 0 Å². The van der Waals surface area contributed by atoms with Gasteiger partial charge in [-0.2, -0.15) is 0 Å². The summed E-state index contributed by atoms with van der Waals surface area (Å²) in [4.78, 5) is 0. The van der Waals surface area contributed by atoms with E-state index in [2.05, 4.69) is 0 Å². The second-order valence-electron chi connectivity index (χ2n) is 4.50. The van der Waals surface area contributed by atoms with Gasteiger partial charge in [0.15, 0.2) is 0 Å². The number of nitrogens with two attached hydrogens (primary N) is 1. The van der Waals surface area contributed by atoms with Crippen molar-refractivity contribution in [1.82, 2.24) is 0 Å². The first-order chi connectivity index (χ1) is 6.43. The van der Waals surface area contributed by atoms with Gasteiger partial charge in [0.1, 0.15) is 0 Å². The number of unbranched alkanes of at least 4 members (excludes halogenated alkanes) is 3. The first-order valence-corrected chi connectivity index (χ1v) is 6.13. The number of hydrogen-bond acceptors (Lipinski definition) is 1. The molecule has 0 bridgehead atoms. The lowest BCUT2D eigenvalue weighted by Gasteiger charge is -2.21. The van der Waals surface area contributed by atoms with Crippen molar-refractivity contribution in [3.8, 4) is 0 Å². The highest BCUT2D eigenvalue weighted by molar-refractivity contribution is 4.65. The van der Waals surface area contributed by atoms with Gasteiger partial charge in [-0.15, -0.1) is 0 Å². The Bertz CT molecular complexity index is 106. The summed E-state index contributed by atoms with van der Waals surface area (Å²) in [5.41, 5.74) is 5.45. The van der Waals surface area contributed by atoms with Gasteiger partial charge in [0.05, 0.1) is 0 Å². The second-order valence-corrected chi connectivity index (χ2v) is 4.50. The third kappa shape index (κ3) is 5.30. The Kier molecular flexibility index (Phi) is 6.26. The smallest absolute Gasteiger partial charge is 0.00773 e. The maximum Gasteiger partial charge on any atom is -0.00773 e. The van der Waals surface area contributed by atoms with Crippen molar-refractivity contribution >= 4 is 0 Å². The summed E-state index contributed by atoms with van der Waals surface area (Å²) < 4.78 is 0. The van der Waals surface area contributed by atoms with Gasteiger partial charge >= 0.3 is 0 Å². The molecule has 0 aliphatic heterocycles. The van der Waals surface area contributed by atoms with Crippen molar-refractivity contribution in [2.75, 3.05) is 6.54 Å². The average Bonchev–Trinajstić information content (AvgIpc) is 2.19. The number of rotatable bonds is 6. The summed E-state index contributed by atoms with van der Waals surface area (Å²) in [6.07, 6.45) is 14.4. The highest BCUT2D eigenvalue weighted by atomic mass is 14.5. The molecule has 1 rings (SSSR count). The van der Waals surface area contributed by atoms with Crippen LogP contribution in [0.1, 0.15) is 64.2 Å². The molecule has 78 valence electrons. The molecule has 0 saturated heterocycles. The first-order valence-electron chi connectivity index (χ1n) is 6.13. The minimum Gasteiger partial charge on any atom is -0.330 e. The molecule has 0 atom stereocenters. The first kappa shape index (κ1) is 11.0. The predicted octanol–water partition coefficient (Wildman–Crippen LogP) is 3.48. The highest BCUT2D eigenvalue weighted by Gasteiger charge is 2.12. The van der Waals surface area contributed by atoms with Crippen LogP contribution in [0.15, 0.2) is 0 Å². The minimum absolute atomic E-state index is 0.878. The molecule has 1 saturated carbocycles. The molecule has 0 aromatic heterocycles. The third-order valence-corrected chi connectivity index (χ3v) is 3.29. The highest BCUT2D eigenvalue weighted by Crippen LogP contribution is 2.27. The van der Waals surface area contributed by atoms with Gasteiger partial charge in [-0.3, -0.25) is 0 Å². The van der Waals surface area contributed by atoms with E-state index in [0.717, 1.165) is 12.5 Å². The van der Waals surface area contributed by atoms with Gasteiger partial charge in [-0.1, -0.05) is 57.8 Å². The Morgan fingerprint density at radius 1 is 0.846 bits per heavy atom. The second kappa shape index (κ2) is 7.37. The van der Waals surface area contributed by atoms with Crippen LogP contribution in [0.3, 0.4) is 0 Å². The predicted molar refractivity (Wildman–Crippen MR) is 58.7 cm³/mol. The molecule has 1 fully saturated rings. The molecule has 0 heterocycles. The van der Waals surface area contributed by atoms with Gasteiger partial charge in [0, 0.05) is 0 Å². The van der Waals surface area contributed by atoms with Gasteiger partial charge in [0.2, 0.25) is 0 Å². The monoisotopic (exact) mass is 183 g/mol. The zero-order valence-corrected chi connectivity index (χ0v) is 8.93. The molecule has 1 nitrogen and oxygen atoms in total. The molecule has 0 unspecified atom stereocenters. The molecule has 0 amide bonds. The molecular formula is C12H25N. The summed E-state index contributed by atoms with van der Waals surface area (Å²) >= 11 is 0. The average molecular weight is 183 g/mol. The van der Waals surface area contributed by atoms with E-state index in [-0.39, 0.29) is 0 Å². The lowest BCUT2D eigenvalue weighted by molar-refractivity contribution is 0.328. The SMILES string of the molecule is NCCCCCCC1CCCCC1. The van der Waals surface area contributed by atoms with Crippen molar-refractivity contribution in [1.29, 1.82) is 0 Å².